The SMILES string of the molecule is CC1(C)c2ccc(-c3cccc(-c4c5ccccc5c(-c5cccc(-c6cc7ccccc7c7ccccc67)c5)c5ccccc45)c3)cc2-c2c1ccc1ccccc21. The van der Waals surface area contributed by atoms with E-state index in [2.05, 4.69) is 220 Å². The molecule has 0 spiro atoms. The van der Waals surface area contributed by atoms with Crippen LogP contribution in [0.1, 0.15) is 25.0 Å². The third-order valence-corrected chi connectivity index (χ3v) is 13.2. The molecule has 12 rings (SSSR count). The predicted octanol–water partition coefficient (Wildman–Crippen LogP) is 16.4. The lowest BCUT2D eigenvalue weighted by Gasteiger charge is -2.21. The van der Waals surface area contributed by atoms with E-state index in [0.717, 1.165) is 0 Å². The van der Waals surface area contributed by atoms with Crippen molar-refractivity contribution in [2.45, 2.75) is 19.3 Å². The molecule has 11 aromatic carbocycles. The lowest BCUT2D eigenvalue weighted by atomic mass is 9.81. The molecule has 0 aromatic heterocycles. The van der Waals surface area contributed by atoms with E-state index in [1.807, 2.05) is 0 Å². The Labute approximate surface area is 344 Å². The van der Waals surface area contributed by atoms with Gasteiger partial charge in [0.05, 0.1) is 0 Å². The number of fused-ring (bicyclic) bond motifs is 10. The van der Waals surface area contributed by atoms with Crippen molar-refractivity contribution in [3.05, 3.63) is 217 Å². The maximum absolute atomic E-state index is 2.44. The van der Waals surface area contributed by atoms with Gasteiger partial charge in [0, 0.05) is 5.41 Å². The van der Waals surface area contributed by atoms with Gasteiger partial charge in [0.15, 0.2) is 0 Å². The van der Waals surface area contributed by atoms with E-state index in [1.54, 1.807) is 0 Å². The van der Waals surface area contributed by atoms with E-state index < -0.39 is 0 Å². The summed E-state index contributed by atoms with van der Waals surface area (Å²) in [5.41, 5.74) is 15.4. The number of hydrogen-bond donors (Lipinski definition) is 0. The minimum atomic E-state index is -0.0581. The van der Waals surface area contributed by atoms with Crippen LogP contribution in [0.2, 0.25) is 0 Å². The topological polar surface area (TPSA) is 0 Å². The van der Waals surface area contributed by atoms with Crippen LogP contribution in [-0.2, 0) is 5.41 Å². The van der Waals surface area contributed by atoms with E-state index in [1.165, 1.54) is 121 Å². The van der Waals surface area contributed by atoms with Gasteiger partial charge in [-0.15, -0.1) is 0 Å². The predicted molar refractivity (Wildman–Crippen MR) is 253 cm³/mol. The number of benzene rings is 11. The normalized spacial score (nSPS) is 13.1. The molecule has 0 bridgehead atoms. The average Bonchev–Trinajstić information content (AvgIpc) is 3.53. The Morgan fingerprint density at radius 2 is 0.729 bits per heavy atom. The summed E-state index contributed by atoms with van der Waals surface area (Å²) in [6, 6.07) is 77.0. The summed E-state index contributed by atoms with van der Waals surface area (Å²) in [5, 5.41) is 12.8. The molecular weight excluding hydrogens is 709 g/mol. The van der Waals surface area contributed by atoms with Crippen molar-refractivity contribution < 1.29 is 0 Å². The highest BCUT2D eigenvalue weighted by Gasteiger charge is 2.36. The van der Waals surface area contributed by atoms with Crippen LogP contribution in [0, 0.1) is 0 Å². The molecule has 0 atom stereocenters. The van der Waals surface area contributed by atoms with Gasteiger partial charge in [-0.05, 0) is 145 Å². The summed E-state index contributed by atoms with van der Waals surface area (Å²) >= 11 is 0. The van der Waals surface area contributed by atoms with Crippen LogP contribution in [0.15, 0.2) is 206 Å². The third-order valence-electron chi connectivity index (χ3n) is 13.2. The Hall–Kier alpha value is -7.28. The molecule has 0 aliphatic heterocycles. The van der Waals surface area contributed by atoms with E-state index in [0.29, 0.717) is 0 Å². The molecule has 0 amide bonds. The number of rotatable bonds is 4. The molecule has 1 aliphatic carbocycles. The first kappa shape index (κ1) is 33.8. The van der Waals surface area contributed by atoms with E-state index >= 15 is 0 Å². The van der Waals surface area contributed by atoms with Gasteiger partial charge < -0.3 is 0 Å². The van der Waals surface area contributed by atoms with Crippen molar-refractivity contribution in [1.29, 1.82) is 0 Å². The van der Waals surface area contributed by atoms with Crippen molar-refractivity contribution in [3.8, 4) is 55.6 Å². The quantitative estimate of drug-likeness (QED) is 0.124. The maximum atomic E-state index is 2.44. The van der Waals surface area contributed by atoms with Crippen LogP contribution >= 0.6 is 0 Å². The van der Waals surface area contributed by atoms with E-state index in [9.17, 15) is 0 Å². The van der Waals surface area contributed by atoms with Crippen molar-refractivity contribution >= 4 is 53.9 Å². The summed E-state index contributed by atoms with van der Waals surface area (Å²) in [5.74, 6) is 0. The summed E-state index contributed by atoms with van der Waals surface area (Å²) in [7, 11) is 0. The van der Waals surface area contributed by atoms with Crippen molar-refractivity contribution in [3.63, 3.8) is 0 Å². The minimum Gasteiger partial charge on any atom is -0.0616 e. The monoisotopic (exact) mass is 748 g/mol. The zero-order valence-corrected chi connectivity index (χ0v) is 33.1. The zero-order valence-electron chi connectivity index (χ0n) is 33.1. The minimum absolute atomic E-state index is 0.0581. The van der Waals surface area contributed by atoms with Gasteiger partial charge in [0.1, 0.15) is 0 Å². The zero-order chi connectivity index (χ0) is 39.2. The van der Waals surface area contributed by atoms with Crippen LogP contribution in [0.5, 0.6) is 0 Å². The fourth-order valence-corrected chi connectivity index (χ4v) is 10.4. The Kier molecular flexibility index (Phi) is 7.38. The van der Waals surface area contributed by atoms with Gasteiger partial charge >= 0.3 is 0 Å². The Bertz CT molecular complexity index is 3470. The fraction of sp³-hybridized carbons (Fsp3) is 0.0508. The molecule has 59 heavy (non-hydrogen) atoms. The van der Waals surface area contributed by atoms with Crippen molar-refractivity contribution in [1.82, 2.24) is 0 Å². The second-order valence-electron chi connectivity index (χ2n) is 16.8. The van der Waals surface area contributed by atoms with Gasteiger partial charge in [0.2, 0.25) is 0 Å². The summed E-state index contributed by atoms with van der Waals surface area (Å²) in [6.45, 7) is 4.74. The molecule has 0 fully saturated rings. The van der Waals surface area contributed by atoms with Gasteiger partial charge in [-0.1, -0.05) is 196 Å². The van der Waals surface area contributed by atoms with Gasteiger partial charge in [0.25, 0.3) is 0 Å². The van der Waals surface area contributed by atoms with E-state index in [-0.39, 0.29) is 5.41 Å². The smallest absolute Gasteiger partial charge is 0.0159 e. The first-order valence-corrected chi connectivity index (χ1v) is 20.8. The average molecular weight is 749 g/mol. The molecule has 11 aromatic rings. The molecule has 1 aliphatic rings. The lowest BCUT2D eigenvalue weighted by molar-refractivity contribution is 0.661. The highest BCUT2D eigenvalue weighted by Crippen LogP contribution is 2.52. The molecule has 0 nitrogen and oxygen atoms in total. The third kappa shape index (κ3) is 5.09. The highest BCUT2D eigenvalue weighted by molar-refractivity contribution is 6.22. The standard InChI is InChI=1S/C59H40/c1-59(2)54-31-30-39(35-53(54)58-45-22-6-3-15-37(45)29-32-55(58)59)38-17-13-19-42(33-38)56-48-25-9-11-27-50(48)57(51-28-12-10-26-49(51)56)43-20-14-18-40(34-43)52-36-41-16-4-5-21-44(41)46-23-7-8-24-47(46)52/h3-36H,1-2H3. The van der Waals surface area contributed by atoms with Gasteiger partial charge in [-0.3, -0.25) is 0 Å². The molecule has 0 radical (unpaired) electrons. The van der Waals surface area contributed by atoms with Gasteiger partial charge in [-0.25, -0.2) is 0 Å². The van der Waals surface area contributed by atoms with Crippen molar-refractivity contribution in [2.75, 3.05) is 0 Å². The maximum Gasteiger partial charge on any atom is 0.0159 e. The summed E-state index contributed by atoms with van der Waals surface area (Å²) < 4.78 is 0. The molecule has 0 unspecified atom stereocenters. The molecule has 0 heterocycles. The fourth-order valence-electron chi connectivity index (χ4n) is 10.4. The first-order chi connectivity index (χ1) is 29.0. The molecule has 0 saturated heterocycles. The lowest BCUT2D eigenvalue weighted by Crippen LogP contribution is -2.14. The first-order valence-electron chi connectivity index (χ1n) is 20.8. The van der Waals surface area contributed by atoms with Crippen LogP contribution in [-0.4, -0.2) is 0 Å². The Balaban J connectivity index is 1.03. The second kappa shape index (κ2) is 12.9. The highest BCUT2D eigenvalue weighted by atomic mass is 14.4. The Morgan fingerprint density at radius 1 is 0.254 bits per heavy atom. The van der Waals surface area contributed by atoms with Gasteiger partial charge in [-0.2, -0.15) is 0 Å². The molecular formula is C59H40. The van der Waals surface area contributed by atoms with Crippen LogP contribution in [0.25, 0.3) is 109 Å². The van der Waals surface area contributed by atoms with Crippen LogP contribution < -0.4 is 0 Å². The van der Waals surface area contributed by atoms with Crippen LogP contribution in [0.4, 0.5) is 0 Å². The Morgan fingerprint density at radius 3 is 1.39 bits per heavy atom. The number of hydrogen-bond acceptors (Lipinski definition) is 0. The molecule has 0 N–H and O–H groups in total. The van der Waals surface area contributed by atoms with Crippen LogP contribution in [0.3, 0.4) is 0 Å². The van der Waals surface area contributed by atoms with Crippen molar-refractivity contribution in [2.24, 2.45) is 0 Å². The second-order valence-corrected chi connectivity index (χ2v) is 16.8. The van der Waals surface area contributed by atoms with E-state index in [4.69, 9.17) is 0 Å². The molecule has 0 heteroatoms. The largest absolute Gasteiger partial charge is 0.0616 e. The molecule has 0 saturated carbocycles. The summed E-state index contributed by atoms with van der Waals surface area (Å²) in [6.07, 6.45) is 0. The molecule has 276 valence electrons. The summed E-state index contributed by atoms with van der Waals surface area (Å²) in [4.78, 5) is 0.